The summed E-state index contributed by atoms with van der Waals surface area (Å²) in [5.41, 5.74) is 4.29. The van der Waals surface area contributed by atoms with Gasteiger partial charge in [0.2, 0.25) is 0 Å². The van der Waals surface area contributed by atoms with E-state index in [0.717, 1.165) is 33.5 Å². The second-order valence-corrected chi connectivity index (χ2v) is 7.45. The first-order valence-corrected chi connectivity index (χ1v) is 9.97. The van der Waals surface area contributed by atoms with Crippen molar-refractivity contribution < 1.29 is 18.7 Å². The molecule has 148 valence electrons. The van der Waals surface area contributed by atoms with E-state index < -0.39 is 0 Å². The molecule has 0 aromatic heterocycles. The van der Waals surface area contributed by atoms with E-state index in [9.17, 15) is 9.18 Å². The van der Waals surface area contributed by atoms with Crippen LogP contribution in [0.1, 0.15) is 11.1 Å². The van der Waals surface area contributed by atoms with Crippen LogP contribution in [0.2, 0.25) is 0 Å². The van der Waals surface area contributed by atoms with Gasteiger partial charge in [0, 0.05) is 13.1 Å². The molecule has 1 aliphatic heterocycles. The lowest BCUT2D eigenvalue weighted by molar-refractivity contribution is -0.123. The highest BCUT2D eigenvalue weighted by atomic mass is 127. The molecule has 1 N–H and O–H groups in total. The van der Waals surface area contributed by atoms with Crippen molar-refractivity contribution in [2.24, 2.45) is 5.10 Å². The molecule has 1 saturated heterocycles. The Morgan fingerprint density at radius 1 is 1.25 bits per heavy atom. The summed E-state index contributed by atoms with van der Waals surface area (Å²) >= 11 is 2.18. The van der Waals surface area contributed by atoms with Gasteiger partial charge in [0.25, 0.3) is 5.91 Å². The number of amides is 1. The van der Waals surface area contributed by atoms with Crippen molar-refractivity contribution in [3.8, 4) is 5.75 Å². The minimum absolute atomic E-state index is 0.146. The Hall–Kier alpha value is -2.04. The van der Waals surface area contributed by atoms with E-state index in [1.165, 1.54) is 12.1 Å². The van der Waals surface area contributed by atoms with Crippen LogP contribution in [0.4, 0.5) is 4.39 Å². The van der Waals surface area contributed by atoms with E-state index in [4.69, 9.17) is 9.47 Å². The summed E-state index contributed by atoms with van der Waals surface area (Å²) in [4.78, 5) is 13.9. The van der Waals surface area contributed by atoms with Gasteiger partial charge < -0.3 is 9.47 Å². The summed E-state index contributed by atoms with van der Waals surface area (Å²) in [6, 6.07) is 11.8. The molecule has 2 aromatic rings. The lowest BCUT2D eigenvalue weighted by Crippen LogP contribution is -2.42. The lowest BCUT2D eigenvalue weighted by atomic mass is 10.2. The van der Waals surface area contributed by atoms with Crippen LogP contribution < -0.4 is 10.2 Å². The number of carbonyl (C=O) groups is 1. The molecule has 28 heavy (non-hydrogen) atoms. The predicted molar refractivity (Wildman–Crippen MR) is 113 cm³/mol. The molecule has 1 fully saturated rings. The van der Waals surface area contributed by atoms with Gasteiger partial charge in [-0.1, -0.05) is 12.1 Å². The number of carbonyl (C=O) groups excluding carboxylic acids is 1. The highest BCUT2D eigenvalue weighted by molar-refractivity contribution is 14.1. The van der Waals surface area contributed by atoms with E-state index in [1.54, 1.807) is 18.3 Å². The summed E-state index contributed by atoms with van der Waals surface area (Å²) < 4.78 is 24.9. The first-order chi connectivity index (χ1) is 13.6. The van der Waals surface area contributed by atoms with Gasteiger partial charge >= 0.3 is 0 Å². The van der Waals surface area contributed by atoms with Crippen molar-refractivity contribution in [2.75, 3.05) is 32.8 Å². The number of hydrazone groups is 1. The summed E-state index contributed by atoms with van der Waals surface area (Å²) in [6.07, 6.45) is 1.60. The van der Waals surface area contributed by atoms with Gasteiger partial charge in [-0.3, -0.25) is 9.69 Å². The van der Waals surface area contributed by atoms with Gasteiger partial charge in [0.1, 0.15) is 18.2 Å². The van der Waals surface area contributed by atoms with E-state index in [2.05, 4.69) is 33.1 Å². The molecule has 1 heterocycles. The smallest absolute Gasteiger partial charge is 0.254 e. The van der Waals surface area contributed by atoms with Crippen LogP contribution >= 0.6 is 22.6 Å². The van der Waals surface area contributed by atoms with Gasteiger partial charge in [0.15, 0.2) is 0 Å². The minimum Gasteiger partial charge on any atom is -0.488 e. The average molecular weight is 497 g/mol. The largest absolute Gasteiger partial charge is 0.488 e. The molecular weight excluding hydrogens is 476 g/mol. The quantitative estimate of drug-likeness (QED) is 0.363. The van der Waals surface area contributed by atoms with Crippen LogP contribution in [0.5, 0.6) is 5.75 Å². The Morgan fingerprint density at radius 2 is 2.00 bits per heavy atom. The van der Waals surface area contributed by atoms with Crippen molar-refractivity contribution >= 4 is 34.7 Å². The molecule has 0 aliphatic carbocycles. The molecule has 0 unspecified atom stereocenters. The average Bonchev–Trinajstić information content (AvgIpc) is 2.69. The molecule has 8 heteroatoms. The second-order valence-electron chi connectivity index (χ2n) is 6.29. The summed E-state index contributed by atoms with van der Waals surface area (Å²) in [5.74, 6) is 0.324. The highest BCUT2D eigenvalue weighted by Crippen LogP contribution is 2.22. The third kappa shape index (κ3) is 6.54. The maximum absolute atomic E-state index is 12.9. The molecule has 1 aliphatic rings. The highest BCUT2D eigenvalue weighted by Gasteiger charge is 2.13. The molecule has 0 radical (unpaired) electrons. The second kappa shape index (κ2) is 10.5. The Morgan fingerprint density at radius 3 is 2.71 bits per heavy atom. The number of rotatable bonds is 7. The zero-order valence-corrected chi connectivity index (χ0v) is 17.4. The predicted octanol–water partition coefficient (Wildman–Crippen LogP) is 2.79. The van der Waals surface area contributed by atoms with Gasteiger partial charge in [-0.25, -0.2) is 9.82 Å². The van der Waals surface area contributed by atoms with Crippen LogP contribution in [-0.2, 0) is 16.1 Å². The summed E-state index contributed by atoms with van der Waals surface area (Å²) in [7, 11) is 0. The molecule has 0 atom stereocenters. The van der Waals surface area contributed by atoms with Gasteiger partial charge in [-0.2, -0.15) is 5.10 Å². The van der Waals surface area contributed by atoms with Gasteiger partial charge in [-0.15, -0.1) is 0 Å². The normalized spacial score (nSPS) is 14.9. The van der Waals surface area contributed by atoms with Crippen LogP contribution in [0, 0.1) is 9.39 Å². The lowest BCUT2D eigenvalue weighted by Gasteiger charge is -2.25. The van der Waals surface area contributed by atoms with E-state index in [0.29, 0.717) is 26.4 Å². The molecule has 0 bridgehead atoms. The number of benzene rings is 2. The zero-order chi connectivity index (χ0) is 19.8. The molecule has 6 nitrogen and oxygen atoms in total. The fraction of sp³-hybridized carbons (Fsp3) is 0.300. The van der Waals surface area contributed by atoms with Crippen LogP contribution in [0.25, 0.3) is 0 Å². The number of hydrogen-bond acceptors (Lipinski definition) is 5. The Bertz CT molecular complexity index is 824. The third-order valence-electron chi connectivity index (χ3n) is 4.14. The SMILES string of the molecule is O=C(CN1CCOCC1)N/N=C/c1ccc(OCc2ccc(F)cc2)c(I)c1. The first kappa shape index (κ1) is 20.7. The van der Waals surface area contributed by atoms with Gasteiger partial charge in [0.05, 0.1) is 29.5 Å². The molecule has 0 saturated carbocycles. The van der Waals surface area contributed by atoms with E-state index in [1.807, 2.05) is 23.1 Å². The zero-order valence-electron chi connectivity index (χ0n) is 15.2. The summed E-state index contributed by atoms with van der Waals surface area (Å²) in [6.45, 7) is 3.51. The minimum atomic E-state index is -0.265. The van der Waals surface area contributed by atoms with Crippen molar-refractivity contribution in [3.05, 3.63) is 63.0 Å². The summed E-state index contributed by atoms with van der Waals surface area (Å²) in [5, 5.41) is 4.02. The van der Waals surface area contributed by atoms with Crippen molar-refractivity contribution in [1.29, 1.82) is 0 Å². The standard InChI is InChI=1S/C20H21FIN3O3/c21-17-4-1-15(2-5-17)14-28-19-6-3-16(11-18(19)22)12-23-24-20(26)13-25-7-9-27-10-8-25/h1-6,11-12H,7-10,13-14H2,(H,24,26)/b23-12+. The number of ether oxygens (including phenoxy) is 2. The topological polar surface area (TPSA) is 63.2 Å². The molecule has 1 amide bonds. The van der Waals surface area contributed by atoms with Crippen molar-refractivity contribution in [1.82, 2.24) is 10.3 Å². The van der Waals surface area contributed by atoms with Crippen molar-refractivity contribution in [2.45, 2.75) is 6.61 Å². The number of nitrogens with one attached hydrogen (secondary N) is 1. The number of morpholine rings is 1. The fourth-order valence-corrected chi connectivity index (χ4v) is 3.33. The molecule has 2 aromatic carbocycles. The molecular formula is C20H21FIN3O3. The molecule has 3 rings (SSSR count). The maximum Gasteiger partial charge on any atom is 0.254 e. The van der Waals surface area contributed by atoms with E-state index in [-0.39, 0.29) is 11.7 Å². The Kier molecular flexibility index (Phi) is 7.75. The van der Waals surface area contributed by atoms with E-state index >= 15 is 0 Å². The number of hydrogen-bond donors (Lipinski definition) is 1. The van der Waals surface area contributed by atoms with Gasteiger partial charge in [-0.05, 0) is 64.0 Å². The first-order valence-electron chi connectivity index (χ1n) is 8.89. The van der Waals surface area contributed by atoms with Crippen LogP contribution in [0.3, 0.4) is 0 Å². The monoisotopic (exact) mass is 497 g/mol. The fourth-order valence-electron chi connectivity index (χ4n) is 2.63. The number of nitrogens with zero attached hydrogens (tertiary/aromatic N) is 2. The maximum atomic E-state index is 12.9. The van der Waals surface area contributed by atoms with Crippen LogP contribution in [-0.4, -0.2) is 49.9 Å². The number of halogens is 2. The Labute approximate surface area is 176 Å². The molecule has 0 spiro atoms. The Balaban J connectivity index is 1.48. The van der Waals surface area contributed by atoms with Crippen molar-refractivity contribution in [3.63, 3.8) is 0 Å². The van der Waals surface area contributed by atoms with Crippen LogP contribution in [0.15, 0.2) is 47.6 Å². The third-order valence-corrected chi connectivity index (χ3v) is 4.98.